The Hall–Kier alpha value is -2.73. The maximum atomic E-state index is 12.4. The number of rotatable bonds is 9. The van der Waals surface area contributed by atoms with E-state index >= 15 is 0 Å². The third-order valence-corrected chi connectivity index (χ3v) is 4.34. The highest BCUT2D eigenvalue weighted by Crippen LogP contribution is 2.33. The highest BCUT2D eigenvalue weighted by Gasteiger charge is 2.18. The molecular formula is C21H25ClN2O4. The second kappa shape index (κ2) is 11.2. The molecule has 0 radical (unpaired) electrons. The number of amides is 3. The van der Waals surface area contributed by atoms with Crippen LogP contribution in [0.1, 0.15) is 42.1 Å². The summed E-state index contributed by atoms with van der Waals surface area (Å²) in [7, 11) is 1.49. The number of hydrogen-bond acceptors (Lipinski definition) is 4. The van der Waals surface area contributed by atoms with E-state index in [0.717, 1.165) is 24.8 Å². The van der Waals surface area contributed by atoms with Crippen LogP contribution in [-0.4, -0.2) is 25.6 Å². The van der Waals surface area contributed by atoms with Crippen molar-refractivity contribution in [3.63, 3.8) is 0 Å². The second-order valence-corrected chi connectivity index (χ2v) is 6.58. The van der Waals surface area contributed by atoms with Gasteiger partial charge in [-0.3, -0.25) is 10.1 Å². The molecule has 2 aromatic rings. The number of hydrogen-bond donors (Lipinski definition) is 2. The molecule has 6 nitrogen and oxygen atoms in total. The first-order chi connectivity index (χ1) is 13.5. The first-order valence-electron chi connectivity index (χ1n) is 9.18. The Morgan fingerprint density at radius 1 is 1.07 bits per heavy atom. The van der Waals surface area contributed by atoms with Gasteiger partial charge in [-0.25, -0.2) is 4.79 Å². The van der Waals surface area contributed by atoms with Gasteiger partial charge in [-0.05, 0) is 18.1 Å². The number of ether oxygens (including phenoxy) is 2. The van der Waals surface area contributed by atoms with Gasteiger partial charge in [0, 0.05) is 12.6 Å². The first kappa shape index (κ1) is 21.6. The van der Waals surface area contributed by atoms with E-state index in [4.69, 9.17) is 21.1 Å². The molecule has 0 spiro atoms. The van der Waals surface area contributed by atoms with Gasteiger partial charge in [0.15, 0.2) is 11.5 Å². The Labute approximate surface area is 170 Å². The summed E-state index contributed by atoms with van der Waals surface area (Å²) in [5.74, 6) is 0.163. The van der Waals surface area contributed by atoms with E-state index in [0.29, 0.717) is 24.7 Å². The zero-order valence-corrected chi connectivity index (χ0v) is 16.8. The predicted molar refractivity (Wildman–Crippen MR) is 109 cm³/mol. The lowest BCUT2D eigenvalue weighted by Gasteiger charge is -2.14. The second-order valence-electron chi connectivity index (χ2n) is 6.17. The fraction of sp³-hybridized carbons (Fsp3) is 0.333. The van der Waals surface area contributed by atoms with E-state index in [2.05, 4.69) is 17.6 Å². The Morgan fingerprint density at radius 3 is 2.50 bits per heavy atom. The first-order valence-corrected chi connectivity index (χ1v) is 9.56. The van der Waals surface area contributed by atoms with Crippen LogP contribution in [0.25, 0.3) is 0 Å². The van der Waals surface area contributed by atoms with Gasteiger partial charge in [0.25, 0.3) is 5.91 Å². The molecule has 0 aromatic heterocycles. The van der Waals surface area contributed by atoms with Crippen molar-refractivity contribution >= 4 is 23.5 Å². The highest BCUT2D eigenvalue weighted by molar-refractivity contribution is 6.34. The Kier molecular flexibility index (Phi) is 8.62. The van der Waals surface area contributed by atoms with Gasteiger partial charge in [0.05, 0.1) is 17.7 Å². The quantitative estimate of drug-likeness (QED) is 0.601. The molecule has 0 atom stereocenters. The number of nitrogens with one attached hydrogen (secondary N) is 2. The molecule has 0 aliphatic carbocycles. The van der Waals surface area contributed by atoms with Crippen molar-refractivity contribution in [2.45, 2.75) is 32.8 Å². The molecule has 0 aliphatic rings. The molecule has 0 aliphatic heterocycles. The lowest BCUT2D eigenvalue weighted by atomic mass is 10.2. The van der Waals surface area contributed by atoms with E-state index < -0.39 is 11.9 Å². The maximum absolute atomic E-state index is 12.4. The molecule has 7 heteroatoms. The zero-order chi connectivity index (χ0) is 20.4. The van der Waals surface area contributed by atoms with Gasteiger partial charge in [0.2, 0.25) is 0 Å². The van der Waals surface area contributed by atoms with Crippen molar-refractivity contribution in [2.24, 2.45) is 0 Å². The lowest BCUT2D eigenvalue weighted by molar-refractivity contribution is 0.0963. The van der Waals surface area contributed by atoms with Crippen molar-refractivity contribution < 1.29 is 19.1 Å². The number of urea groups is 1. The van der Waals surface area contributed by atoms with E-state index in [-0.39, 0.29) is 10.6 Å². The minimum atomic E-state index is -0.606. The molecular weight excluding hydrogens is 380 g/mol. The minimum Gasteiger partial charge on any atom is -0.493 e. The monoisotopic (exact) mass is 404 g/mol. The molecule has 2 N–H and O–H groups in total. The fourth-order valence-corrected chi connectivity index (χ4v) is 2.75. The summed E-state index contributed by atoms with van der Waals surface area (Å²) in [4.78, 5) is 24.3. The molecule has 3 amide bonds. The van der Waals surface area contributed by atoms with Crippen LogP contribution in [0.15, 0.2) is 42.5 Å². The number of halogens is 1. The van der Waals surface area contributed by atoms with Crippen LogP contribution >= 0.6 is 11.6 Å². The Bertz CT molecular complexity index is 796. The zero-order valence-electron chi connectivity index (χ0n) is 16.1. The highest BCUT2D eigenvalue weighted by atomic mass is 35.5. The molecule has 0 saturated heterocycles. The molecule has 0 saturated carbocycles. The molecule has 0 heterocycles. The van der Waals surface area contributed by atoms with Gasteiger partial charge in [0.1, 0.15) is 6.61 Å². The van der Waals surface area contributed by atoms with Crippen LogP contribution in [0.3, 0.4) is 0 Å². The predicted octanol–water partition coefficient (Wildman–Crippen LogP) is 4.56. The van der Waals surface area contributed by atoms with Crippen LogP contribution < -0.4 is 20.1 Å². The average Bonchev–Trinajstić information content (AvgIpc) is 2.70. The van der Waals surface area contributed by atoms with E-state index in [1.165, 1.54) is 19.2 Å². The number of unbranched alkanes of at least 4 members (excludes halogenated alkanes) is 2. The summed E-state index contributed by atoms with van der Waals surface area (Å²) < 4.78 is 11.1. The van der Waals surface area contributed by atoms with E-state index in [1.807, 2.05) is 30.3 Å². The number of carbonyl (C=O) groups is 2. The topological polar surface area (TPSA) is 76.7 Å². The Morgan fingerprint density at radius 2 is 1.82 bits per heavy atom. The summed E-state index contributed by atoms with van der Waals surface area (Å²) in [5, 5.41) is 5.10. The maximum Gasteiger partial charge on any atom is 0.321 e. The standard InChI is InChI=1S/C21H25ClN2O4/c1-3-4-8-11-23-21(26)24-20(25)16-12-19(18(27-2)13-17(16)22)28-14-15-9-6-5-7-10-15/h5-7,9-10,12-13H,3-4,8,11,14H2,1-2H3,(H2,23,24,25,26). The van der Waals surface area contributed by atoms with Gasteiger partial charge >= 0.3 is 6.03 Å². The van der Waals surface area contributed by atoms with Crippen molar-refractivity contribution in [1.29, 1.82) is 0 Å². The van der Waals surface area contributed by atoms with Crippen molar-refractivity contribution in [2.75, 3.05) is 13.7 Å². The molecule has 2 rings (SSSR count). The van der Waals surface area contributed by atoms with E-state index in [9.17, 15) is 9.59 Å². The molecule has 28 heavy (non-hydrogen) atoms. The lowest BCUT2D eigenvalue weighted by Crippen LogP contribution is -2.39. The summed E-state index contributed by atoms with van der Waals surface area (Å²) in [6.07, 6.45) is 2.93. The molecule has 2 aromatic carbocycles. The SMILES string of the molecule is CCCCCNC(=O)NC(=O)c1cc(OCc2ccccc2)c(OC)cc1Cl. The molecule has 150 valence electrons. The van der Waals surface area contributed by atoms with Crippen LogP contribution in [0.2, 0.25) is 5.02 Å². The van der Waals surface area contributed by atoms with Crippen molar-refractivity contribution in [3.8, 4) is 11.5 Å². The van der Waals surface area contributed by atoms with Gasteiger partial charge in [-0.15, -0.1) is 0 Å². The molecule has 0 bridgehead atoms. The van der Waals surface area contributed by atoms with Crippen LogP contribution in [0.5, 0.6) is 11.5 Å². The van der Waals surface area contributed by atoms with Crippen molar-refractivity contribution in [3.05, 3.63) is 58.6 Å². The summed E-state index contributed by atoms with van der Waals surface area (Å²) in [6, 6.07) is 12.0. The summed E-state index contributed by atoms with van der Waals surface area (Å²) in [5.41, 5.74) is 1.10. The van der Waals surface area contributed by atoms with Gasteiger partial charge < -0.3 is 14.8 Å². The largest absolute Gasteiger partial charge is 0.493 e. The van der Waals surface area contributed by atoms with Crippen LogP contribution in [0, 0.1) is 0 Å². The van der Waals surface area contributed by atoms with E-state index in [1.54, 1.807) is 0 Å². The summed E-state index contributed by atoms with van der Waals surface area (Å²) >= 11 is 6.19. The Balaban J connectivity index is 2.06. The van der Waals surface area contributed by atoms with Gasteiger partial charge in [-0.2, -0.15) is 0 Å². The number of methoxy groups -OCH3 is 1. The number of carbonyl (C=O) groups excluding carboxylic acids is 2. The molecule has 0 fully saturated rings. The third kappa shape index (κ3) is 6.46. The normalized spacial score (nSPS) is 10.2. The molecule has 0 unspecified atom stereocenters. The van der Waals surface area contributed by atoms with Crippen molar-refractivity contribution in [1.82, 2.24) is 10.6 Å². The smallest absolute Gasteiger partial charge is 0.321 e. The van der Waals surface area contributed by atoms with Crippen LogP contribution in [0.4, 0.5) is 4.79 Å². The minimum absolute atomic E-state index is 0.134. The fourth-order valence-electron chi connectivity index (χ4n) is 2.51. The summed E-state index contributed by atoms with van der Waals surface area (Å²) in [6.45, 7) is 2.89. The third-order valence-electron chi connectivity index (χ3n) is 4.03. The average molecular weight is 405 g/mol. The van der Waals surface area contributed by atoms with Gasteiger partial charge in [-0.1, -0.05) is 61.7 Å². The van der Waals surface area contributed by atoms with Crippen LogP contribution in [-0.2, 0) is 6.61 Å². The number of benzene rings is 2. The number of imide groups is 1.